The number of benzene rings is 2. The van der Waals surface area contributed by atoms with E-state index in [4.69, 9.17) is 4.98 Å². The van der Waals surface area contributed by atoms with Crippen molar-refractivity contribution in [1.29, 1.82) is 0 Å². The summed E-state index contributed by atoms with van der Waals surface area (Å²) in [4.78, 5) is 5.17. The molecule has 0 aliphatic heterocycles. The van der Waals surface area contributed by atoms with Gasteiger partial charge in [-0.25, -0.2) is 20.1 Å². The molecule has 2 aromatic carbocycles. The van der Waals surface area contributed by atoms with Gasteiger partial charge in [-0.05, 0) is 60.4 Å². The van der Waals surface area contributed by atoms with Crippen molar-refractivity contribution in [3.05, 3.63) is 66.4 Å². The molecule has 1 nitrogen and oxygen atoms in total. The van der Waals surface area contributed by atoms with Crippen LogP contribution in [0.15, 0.2) is 60.7 Å². The second-order valence-electron chi connectivity index (χ2n) is 8.17. The highest BCUT2D eigenvalue weighted by Crippen LogP contribution is 2.68. The number of rotatable bonds is 4. The first kappa shape index (κ1) is 18.3. The van der Waals surface area contributed by atoms with Gasteiger partial charge in [0.25, 0.3) is 0 Å². The Balaban J connectivity index is 2.16. The van der Waals surface area contributed by atoms with Gasteiger partial charge >= 0.3 is 0 Å². The van der Waals surface area contributed by atoms with Crippen LogP contribution >= 0.6 is 20.1 Å². The molecule has 0 aliphatic carbocycles. The first-order valence-corrected chi connectivity index (χ1v) is 14.3. The molecule has 0 radical (unpaired) electrons. The van der Waals surface area contributed by atoms with Crippen molar-refractivity contribution in [1.82, 2.24) is 4.98 Å². The highest BCUT2D eigenvalue weighted by atomic mass is 32.3. The van der Waals surface area contributed by atoms with Gasteiger partial charge in [0.2, 0.25) is 0 Å². The zero-order valence-corrected chi connectivity index (χ0v) is 17.7. The van der Waals surface area contributed by atoms with Gasteiger partial charge in [0.1, 0.15) is 0 Å². The quantitative estimate of drug-likeness (QED) is 0.525. The Hall–Kier alpha value is -1.45. The van der Waals surface area contributed by atoms with Crippen molar-refractivity contribution in [2.45, 2.75) is 4.58 Å². The average Bonchev–Trinajstić information content (AvgIpc) is 2.52. The van der Waals surface area contributed by atoms with E-state index in [9.17, 15) is 0 Å². The highest BCUT2D eigenvalue weighted by Gasteiger charge is 2.31. The van der Waals surface area contributed by atoms with E-state index in [0.29, 0.717) is 4.58 Å². The molecule has 0 unspecified atom stereocenters. The summed E-state index contributed by atoms with van der Waals surface area (Å²) < 4.78 is 0.551. The fourth-order valence-corrected chi connectivity index (χ4v) is 12.4. The smallest absolute Gasteiger partial charge is 0.0712 e. The van der Waals surface area contributed by atoms with Gasteiger partial charge in [-0.1, -0.05) is 48.5 Å². The van der Waals surface area contributed by atoms with E-state index in [2.05, 4.69) is 98.2 Å². The van der Waals surface area contributed by atoms with E-state index in [0.717, 1.165) is 5.69 Å². The number of fused-ring (bicyclic) bond motifs is 1. The van der Waals surface area contributed by atoms with E-state index in [1.807, 2.05) is 0 Å². The predicted octanol–water partition coefficient (Wildman–Crippen LogP) is 6.29. The zero-order valence-electron chi connectivity index (χ0n) is 16.1. The van der Waals surface area contributed by atoms with Gasteiger partial charge in [-0.2, -0.15) is 0 Å². The first-order chi connectivity index (χ1) is 11.7. The summed E-state index contributed by atoms with van der Waals surface area (Å²) >= 11 is 0. The lowest BCUT2D eigenvalue weighted by molar-refractivity contribution is 1.15. The maximum atomic E-state index is 5.17. The third-order valence-electron chi connectivity index (χ3n) is 4.36. The fraction of sp³-hybridized carbons (Fsp3) is 0.318. The van der Waals surface area contributed by atoms with Crippen molar-refractivity contribution in [3.8, 4) is 11.3 Å². The van der Waals surface area contributed by atoms with Gasteiger partial charge < -0.3 is 0 Å². The minimum Gasteiger partial charge on any atom is -0.251 e. The Kier molecular flexibility index (Phi) is 4.91. The molecule has 3 rings (SSSR count). The third kappa shape index (κ3) is 3.88. The van der Waals surface area contributed by atoms with Gasteiger partial charge in [-0.15, -0.1) is 0 Å². The predicted molar refractivity (Wildman–Crippen MR) is 121 cm³/mol. The Morgan fingerprint density at radius 3 is 1.96 bits per heavy atom. The molecule has 0 spiro atoms. The lowest BCUT2D eigenvalue weighted by Gasteiger charge is -2.47. The van der Waals surface area contributed by atoms with Crippen LogP contribution < -0.4 is 0 Å². The lowest BCUT2D eigenvalue weighted by Crippen LogP contribution is -2.15. The summed E-state index contributed by atoms with van der Waals surface area (Å²) in [6, 6.07) is 21.6. The fourth-order valence-electron chi connectivity index (χ4n) is 3.77. The summed E-state index contributed by atoms with van der Waals surface area (Å²) in [5.41, 5.74) is 3.58. The highest BCUT2D eigenvalue weighted by molar-refractivity contribution is 8.47. The van der Waals surface area contributed by atoms with Gasteiger partial charge in [0.15, 0.2) is 0 Å². The molecule has 0 saturated carbocycles. The summed E-state index contributed by atoms with van der Waals surface area (Å²) in [6.07, 6.45) is 14.5. The second kappa shape index (κ2) is 6.69. The van der Waals surface area contributed by atoms with E-state index >= 15 is 0 Å². The number of nitrogens with zero attached hydrogens (tertiary/aromatic N) is 1. The molecule has 0 atom stereocenters. The number of hydrogen-bond acceptors (Lipinski definition) is 1. The Morgan fingerprint density at radius 1 is 0.680 bits per heavy atom. The van der Waals surface area contributed by atoms with Crippen molar-refractivity contribution in [2.24, 2.45) is 0 Å². The number of hydrogen-bond donors (Lipinski definition) is 0. The van der Waals surface area contributed by atoms with Crippen LogP contribution in [0.5, 0.6) is 0 Å². The molecule has 0 saturated heterocycles. The van der Waals surface area contributed by atoms with E-state index in [1.165, 1.54) is 22.0 Å². The van der Waals surface area contributed by atoms with Crippen LogP contribution in [-0.4, -0.2) is 42.5 Å². The van der Waals surface area contributed by atoms with Crippen molar-refractivity contribution in [2.75, 3.05) is 37.5 Å². The Bertz CT molecular complexity index is 869. The maximum absolute atomic E-state index is 5.17. The molecule has 0 bridgehead atoms. The summed E-state index contributed by atoms with van der Waals surface area (Å²) in [6.45, 7) is 0. The second-order valence-corrected chi connectivity index (χ2v) is 17.1. The molecule has 0 fully saturated rings. The van der Waals surface area contributed by atoms with Crippen LogP contribution in [-0.2, 0) is 0 Å². The number of pyridine rings is 1. The summed E-state index contributed by atoms with van der Waals surface area (Å²) in [5.74, 6) is 0. The lowest BCUT2D eigenvalue weighted by atomic mass is 10.0. The Labute approximate surface area is 155 Å². The van der Waals surface area contributed by atoms with Crippen LogP contribution in [0.1, 0.15) is 10.3 Å². The van der Waals surface area contributed by atoms with E-state index < -0.39 is 20.1 Å². The van der Waals surface area contributed by atoms with E-state index in [1.54, 1.807) is 0 Å². The molecule has 0 N–H and O–H groups in total. The molecule has 1 aromatic heterocycles. The zero-order chi connectivity index (χ0) is 18.2. The van der Waals surface area contributed by atoms with Crippen LogP contribution in [0.25, 0.3) is 22.0 Å². The molecule has 3 heteroatoms. The molecule has 0 amide bonds. The molecule has 1 heterocycles. The topological polar surface area (TPSA) is 12.9 Å². The largest absolute Gasteiger partial charge is 0.251 e. The molecular weight excluding hydrogens is 342 g/mol. The van der Waals surface area contributed by atoms with Gasteiger partial charge in [-0.3, -0.25) is 4.98 Å². The minimum atomic E-state index is -0.743. The van der Waals surface area contributed by atoms with E-state index in [-0.39, 0.29) is 0 Å². The minimum absolute atomic E-state index is 0.551. The van der Waals surface area contributed by atoms with Crippen LogP contribution in [0.2, 0.25) is 0 Å². The standard InChI is InChI=1S/C22H29NS2/c1-24(2,3)22(25(4,5)6)21-16-10-15-20(23-21)19-14-9-12-17-11-7-8-13-18(17)19/h7-16,22H,1-6H3. The van der Waals surface area contributed by atoms with Crippen molar-refractivity contribution in [3.63, 3.8) is 0 Å². The first-order valence-electron chi connectivity index (χ1n) is 8.47. The molecule has 25 heavy (non-hydrogen) atoms. The number of aromatic nitrogens is 1. The van der Waals surface area contributed by atoms with Gasteiger partial charge in [0.05, 0.1) is 16.0 Å². The average molecular weight is 372 g/mol. The third-order valence-corrected chi connectivity index (χ3v) is 10.9. The maximum Gasteiger partial charge on any atom is 0.0712 e. The van der Waals surface area contributed by atoms with Crippen molar-refractivity contribution < 1.29 is 0 Å². The monoisotopic (exact) mass is 371 g/mol. The van der Waals surface area contributed by atoms with Crippen molar-refractivity contribution >= 4 is 30.8 Å². The Morgan fingerprint density at radius 2 is 1.28 bits per heavy atom. The van der Waals surface area contributed by atoms with Gasteiger partial charge in [0, 0.05) is 5.56 Å². The molecule has 0 aliphatic rings. The normalized spacial score (nSPS) is 14.0. The summed E-state index contributed by atoms with van der Waals surface area (Å²) in [5, 5.41) is 2.55. The van der Waals surface area contributed by atoms with Crippen LogP contribution in [0.4, 0.5) is 0 Å². The molecule has 134 valence electrons. The molecule has 3 aromatic rings. The summed E-state index contributed by atoms with van der Waals surface area (Å²) in [7, 11) is -1.49. The van der Waals surface area contributed by atoms with Crippen LogP contribution in [0, 0.1) is 0 Å². The molecular formula is C22H29NS2. The van der Waals surface area contributed by atoms with Crippen LogP contribution in [0.3, 0.4) is 0 Å². The SMILES string of the molecule is CS(C)(C)C(c1cccc(-c2cccc3ccccc23)n1)S(C)(C)C.